The highest BCUT2D eigenvalue weighted by Gasteiger charge is 2.11. The second-order valence-electron chi connectivity index (χ2n) is 4.52. The Morgan fingerprint density at radius 3 is 2.65 bits per heavy atom. The van der Waals surface area contributed by atoms with Crippen molar-refractivity contribution in [2.24, 2.45) is 0 Å². The zero-order valence-electron chi connectivity index (χ0n) is 11.3. The summed E-state index contributed by atoms with van der Waals surface area (Å²) in [5.74, 6) is 1.16. The van der Waals surface area contributed by atoms with Gasteiger partial charge in [-0.25, -0.2) is 4.68 Å². The molecule has 0 bridgehead atoms. The fourth-order valence-electron chi connectivity index (χ4n) is 1.98. The van der Waals surface area contributed by atoms with E-state index in [-0.39, 0.29) is 5.95 Å². The minimum absolute atomic E-state index is 0.182. The van der Waals surface area contributed by atoms with Gasteiger partial charge >= 0.3 is 0 Å². The minimum atomic E-state index is 0.182. The maximum absolute atomic E-state index is 5.79. The van der Waals surface area contributed by atoms with E-state index >= 15 is 0 Å². The molecule has 3 aromatic rings. The van der Waals surface area contributed by atoms with Gasteiger partial charge < -0.3 is 5.73 Å². The van der Waals surface area contributed by atoms with E-state index in [1.165, 1.54) is 5.56 Å². The number of anilines is 1. The number of rotatable bonds is 2. The van der Waals surface area contributed by atoms with Gasteiger partial charge in [-0.2, -0.15) is 20.1 Å². The first kappa shape index (κ1) is 12.3. The zero-order chi connectivity index (χ0) is 14.1. The van der Waals surface area contributed by atoms with Crippen LogP contribution in [0.3, 0.4) is 0 Å². The van der Waals surface area contributed by atoms with E-state index < -0.39 is 0 Å². The van der Waals surface area contributed by atoms with Gasteiger partial charge in [-0.1, -0.05) is 18.2 Å². The Labute approximate surface area is 116 Å². The lowest BCUT2D eigenvalue weighted by Gasteiger charge is -2.09. The molecule has 6 nitrogen and oxygen atoms in total. The number of nitrogens with zero attached hydrogens (tertiary/aromatic N) is 5. The molecule has 0 aliphatic carbocycles. The first-order chi connectivity index (χ1) is 9.65. The van der Waals surface area contributed by atoms with Crippen molar-refractivity contribution in [1.82, 2.24) is 24.7 Å². The van der Waals surface area contributed by atoms with Crippen molar-refractivity contribution >= 4 is 5.95 Å². The largest absolute Gasteiger partial charge is 0.368 e. The van der Waals surface area contributed by atoms with Gasteiger partial charge in [0.1, 0.15) is 0 Å². The van der Waals surface area contributed by atoms with Crippen molar-refractivity contribution in [3.63, 3.8) is 0 Å². The Hall–Kier alpha value is -2.76. The molecular formula is C14H14N6. The Kier molecular flexibility index (Phi) is 2.90. The topological polar surface area (TPSA) is 82.5 Å². The molecular weight excluding hydrogens is 252 g/mol. The molecule has 0 saturated heterocycles. The van der Waals surface area contributed by atoms with Gasteiger partial charge in [0.15, 0.2) is 5.82 Å². The van der Waals surface area contributed by atoms with Crippen LogP contribution in [0.15, 0.2) is 36.7 Å². The van der Waals surface area contributed by atoms with Crippen LogP contribution in [0.2, 0.25) is 0 Å². The second-order valence-corrected chi connectivity index (χ2v) is 4.52. The fraction of sp³-hybridized carbons (Fsp3) is 0.143. The molecule has 3 rings (SSSR count). The van der Waals surface area contributed by atoms with Gasteiger partial charge in [-0.15, -0.1) is 0 Å². The summed E-state index contributed by atoms with van der Waals surface area (Å²) in [6.07, 6.45) is 3.43. The Morgan fingerprint density at radius 2 is 1.90 bits per heavy atom. The Bertz CT molecular complexity index is 748. The van der Waals surface area contributed by atoms with Gasteiger partial charge in [-0.3, -0.25) is 0 Å². The van der Waals surface area contributed by atoms with Crippen LogP contribution in [0, 0.1) is 13.8 Å². The first-order valence-corrected chi connectivity index (χ1v) is 6.23. The van der Waals surface area contributed by atoms with E-state index in [1.54, 1.807) is 23.1 Å². The Morgan fingerprint density at radius 1 is 1.05 bits per heavy atom. The molecule has 0 spiro atoms. The molecule has 0 saturated carbocycles. The third-order valence-corrected chi connectivity index (χ3v) is 3.20. The number of hydrogen-bond donors (Lipinski definition) is 1. The number of hydrogen-bond acceptors (Lipinski definition) is 5. The predicted octanol–water partition coefficient (Wildman–Crippen LogP) is 1.92. The second kappa shape index (κ2) is 4.73. The third-order valence-electron chi connectivity index (χ3n) is 3.20. The minimum Gasteiger partial charge on any atom is -0.368 e. The highest BCUT2D eigenvalue weighted by atomic mass is 15.4. The summed E-state index contributed by atoms with van der Waals surface area (Å²) in [4.78, 5) is 12.8. The van der Waals surface area contributed by atoms with Crippen molar-refractivity contribution in [1.29, 1.82) is 0 Å². The number of benzene rings is 1. The average molecular weight is 266 g/mol. The van der Waals surface area contributed by atoms with E-state index in [0.717, 1.165) is 11.1 Å². The lowest BCUT2D eigenvalue weighted by Crippen LogP contribution is -2.08. The lowest BCUT2D eigenvalue weighted by molar-refractivity contribution is 0.801. The van der Waals surface area contributed by atoms with Crippen molar-refractivity contribution in [2.75, 3.05) is 5.73 Å². The molecule has 20 heavy (non-hydrogen) atoms. The summed E-state index contributed by atoms with van der Waals surface area (Å²) in [5.41, 5.74) is 9.05. The summed E-state index contributed by atoms with van der Waals surface area (Å²) >= 11 is 0. The maximum Gasteiger partial charge on any atom is 0.255 e. The molecule has 1 aromatic carbocycles. The van der Waals surface area contributed by atoms with Crippen molar-refractivity contribution in [3.05, 3.63) is 47.8 Å². The van der Waals surface area contributed by atoms with Crippen LogP contribution in [0.25, 0.3) is 17.3 Å². The van der Waals surface area contributed by atoms with Gasteiger partial charge in [0.25, 0.3) is 5.95 Å². The van der Waals surface area contributed by atoms with Gasteiger partial charge in [0.2, 0.25) is 5.95 Å². The molecule has 0 unspecified atom stereocenters. The van der Waals surface area contributed by atoms with Crippen LogP contribution >= 0.6 is 0 Å². The van der Waals surface area contributed by atoms with Crippen LogP contribution in [0.5, 0.6) is 0 Å². The van der Waals surface area contributed by atoms with E-state index in [9.17, 15) is 0 Å². The molecule has 0 aliphatic rings. The molecule has 100 valence electrons. The standard InChI is InChI=1S/C14H14N6/c1-9-5-3-6-11(10(9)2)12-17-13(15)19-14(18-12)20-8-4-7-16-20/h3-8H,1-2H3,(H2,15,17,18,19). The Balaban J connectivity index is 2.17. The highest BCUT2D eigenvalue weighted by molar-refractivity contribution is 5.62. The lowest BCUT2D eigenvalue weighted by atomic mass is 10.0. The molecule has 2 heterocycles. The molecule has 0 radical (unpaired) electrons. The van der Waals surface area contributed by atoms with Crippen LogP contribution in [-0.2, 0) is 0 Å². The van der Waals surface area contributed by atoms with Crippen LogP contribution in [-0.4, -0.2) is 24.7 Å². The molecule has 0 atom stereocenters. The molecule has 0 fully saturated rings. The summed E-state index contributed by atoms with van der Waals surface area (Å²) in [6.45, 7) is 4.09. The summed E-state index contributed by atoms with van der Waals surface area (Å²) in [7, 11) is 0. The van der Waals surface area contributed by atoms with E-state index in [0.29, 0.717) is 11.8 Å². The normalized spacial score (nSPS) is 10.7. The fourth-order valence-corrected chi connectivity index (χ4v) is 1.98. The monoisotopic (exact) mass is 266 g/mol. The van der Waals surface area contributed by atoms with Gasteiger partial charge in [-0.05, 0) is 31.0 Å². The zero-order valence-corrected chi connectivity index (χ0v) is 11.3. The number of nitrogen functional groups attached to an aromatic ring is 1. The summed E-state index contributed by atoms with van der Waals surface area (Å²) in [5, 5.41) is 4.11. The smallest absolute Gasteiger partial charge is 0.255 e. The quantitative estimate of drug-likeness (QED) is 0.766. The van der Waals surface area contributed by atoms with Crippen LogP contribution in [0.1, 0.15) is 11.1 Å². The number of aromatic nitrogens is 5. The number of aryl methyl sites for hydroxylation is 1. The molecule has 0 amide bonds. The maximum atomic E-state index is 5.79. The van der Waals surface area contributed by atoms with Crippen LogP contribution < -0.4 is 5.73 Å². The third kappa shape index (κ3) is 2.11. The molecule has 6 heteroatoms. The average Bonchev–Trinajstić information content (AvgIpc) is 2.95. The van der Waals surface area contributed by atoms with Crippen molar-refractivity contribution < 1.29 is 0 Å². The first-order valence-electron chi connectivity index (χ1n) is 6.23. The molecule has 0 aliphatic heterocycles. The van der Waals surface area contributed by atoms with Crippen molar-refractivity contribution in [2.45, 2.75) is 13.8 Å². The van der Waals surface area contributed by atoms with Crippen LogP contribution in [0.4, 0.5) is 5.95 Å². The highest BCUT2D eigenvalue weighted by Crippen LogP contribution is 2.23. The number of nitrogens with two attached hydrogens (primary N) is 1. The predicted molar refractivity (Wildman–Crippen MR) is 76.3 cm³/mol. The van der Waals surface area contributed by atoms with E-state index in [2.05, 4.69) is 33.0 Å². The van der Waals surface area contributed by atoms with E-state index in [1.807, 2.05) is 19.1 Å². The van der Waals surface area contributed by atoms with E-state index in [4.69, 9.17) is 5.73 Å². The summed E-state index contributed by atoms with van der Waals surface area (Å²) < 4.78 is 1.56. The van der Waals surface area contributed by atoms with Crippen molar-refractivity contribution in [3.8, 4) is 17.3 Å². The molecule has 2 aromatic heterocycles. The van der Waals surface area contributed by atoms with Gasteiger partial charge in [0, 0.05) is 18.0 Å². The summed E-state index contributed by atoms with van der Waals surface area (Å²) in [6, 6.07) is 7.81. The van der Waals surface area contributed by atoms with Gasteiger partial charge in [0.05, 0.1) is 0 Å². The SMILES string of the molecule is Cc1cccc(-c2nc(N)nc(-n3cccn3)n2)c1C. The molecule has 2 N–H and O–H groups in total.